The number of aromatic nitrogens is 4. The van der Waals surface area contributed by atoms with E-state index in [0.717, 1.165) is 36.2 Å². The molecule has 6 nitrogen and oxygen atoms in total. The van der Waals surface area contributed by atoms with E-state index in [1.165, 1.54) is 0 Å². The summed E-state index contributed by atoms with van der Waals surface area (Å²) >= 11 is 0. The molecule has 1 aromatic carbocycles. The first-order valence-electron chi connectivity index (χ1n) is 11.1. The Morgan fingerprint density at radius 2 is 1.82 bits per heavy atom. The molecule has 0 unspecified atom stereocenters. The number of pyridine rings is 2. The Balaban J connectivity index is 1.80. The molecule has 0 N–H and O–H groups in total. The van der Waals surface area contributed by atoms with Gasteiger partial charge in [-0.25, -0.2) is 14.5 Å². The first-order valence-corrected chi connectivity index (χ1v) is 11.1. The van der Waals surface area contributed by atoms with E-state index in [4.69, 9.17) is 9.97 Å². The van der Waals surface area contributed by atoms with Gasteiger partial charge < -0.3 is 0 Å². The van der Waals surface area contributed by atoms with Crippen LogP contribution in [0.25, 0.3) is 17.1 Å². The van der Waals surface area contributed by atoms with Gasteiger partial charge in [0.05, 0.1) is 23.0 Å². The van der Waals surface area contributed by atoms with Crippen molar-refractivity contribution in [3.63, 3.8) is 0 Å². The number of hydrogen-bond acceptors (Lipinski definition) is 5. The van der Waals surface area contributed by atoms with E-state index < -0.39 is 0 Å². The molecule has 33 heavy (non-hydrogen) atoms. The number of rotatable bonds is 7. The first kappa shape index (κ1) is 22.1. The molecule has 0 saturated carbocycles. The highest BCUT2D eigenvalue weighted by molar-refractivity contribution is 5.67. The van der Waals surface area contributed by atoms with E-state index in [1.54, 1.807) is 16.8 Å². The molecule has 0 atom stereocenters. The standard InChI is InChI=1S/C27H25N5O/c1-3-4-13-25-23(27(33)32(19(2)30-25)26-15-7-8-16-29-26)17-21-11-9-14-24(31-21)22-12-6-5-10-20(22)18-28/h5-12,14-16H,3-4,13,17H2,1-2H3. The number of nitriles is 1. The van der Waals surface area contributed by atoms with Crippen molar-refractivity contribution in [2.45, 2.75) is 39.5 Å². The molecule has 164 valence electrons. The minimum Gasteiger partial charge on any atom is -0.268 e. The lowest BCUT2D eigenvalue weighted by molar-refractivity contribution is 0.727. The fourth-order valence-electron chi connectivity index (χ4n) is 3.92. The van der Waals surface area contributed by atoms with Crippen LogP contribution >= 0.6 is 0 Å². The molecule has 4 rings (SSSR count). The number of hydrogen-bond donors (Lipinski definition) is 0. The molecule has 0 aliphatic heterocycles. The van der Waals surface area contributed by atoms with Gasteiger partial charge in [0.1, 0.15) is 11.6 Å². The minimum atomic E-state index is -0.114. The van der Waals surface area contributed by atoms with E-state index in [0.29, 0.717) is 34.9 Å². The maximum absolute atomic E-state index is 13.6. The van der Waals surface area contributed by atoms with Crippen molar-refractivity contribution in [3.05, 3.63) is 106 Å². The summed E-state index contributed by atoms with van der Waals surface area (Å²) in [6, 6.07) is 20.8. The van der Waals surface area contributed by atoms with Crippen molar-refractivity contribution in [3.8, 4) is 23.1 Å². The van der Waals surface area contributed by atoms with Crippen molar-refractivity contribution >= 4 is 0 Å². The average molecular weight is 436 g/mol. The fourth-order valence-corrected chi connectivity index (χ4v) is 3.92. The van der Waals surface area contributed by atoms with Crippen molar-refractivity contribution in [1.29, 1.82) is 5.26 Å². The SMILES string of the molecule is CCCCc1nc(C)n(-c2ccccn2)c(=O)c1Cc1cccc(-c2ccccc2C#N)n1. The Hall–Kier alpha value is -4.11. The summed E-state index contributed by atoms with van der Waals surface area (Å²) in [5.74, 6) is 1.18. The Kier molecular flexibility index (Phi) is 6.70. The van der Waals surface area contributed by atoms with Gasteiger partial charge >= 0.3 is 0 Å². The predicted molar refractivity (Wildman–Crippen MR) is 128 cm³/mol. The zero-order valence-corrected chi connectivity index (χ0v) is 18.8. The third-order valence-electron chi connectivity index (χ3n) is 5.56. The van der Waals surface area contributed by atoms with E-state index in [9.17, 15) is 10.1 Å². The van der Waals surface area contributed by atoms with Crippen LogP contribution in [0, 0.1) is 18.3 Å². The molecule has 0 amide bonds. The van der Waals surface area contributed by atoms with Gasteiger partial charge in [-0.2, -0.15) is 5.26 Å². The van der Waals surface area contributed by atoms with Crippen LogP contribution in [0.4, 0.5) is 0 Å². The van der Waals surface area contributed by atoms with E-state index in [1.807, 2.05) is 61.5 Å². The molecule has 0 aliphatic rings. The van der Waals surface area contributed by atoms with Crippen molar-refractivity contribution in [2.24, 2.45) is 0 Å². The topological polar surface area (TPSA) is 84.5 Å². The lowest BCUT2D eigenvalue weighted by atomic mass is 10.0. The van der Waals surface area contributed by atoms with Gasteiger partial charge in [-0.05, 0) is 50.1 Å². The van der Waals surface area contributed by atoms with Gasteiger partial charge in [0, 0.05) is 29.4 Å². The summed E-state index contributed by atoms with van der Waals surface area (Å²) in [5, 5.41) is 9.47. The molecule has 0 aliphatic carbocycles. The Morgan fingerprint density at radius 1 is 1.00 bits per heavy atom. The van der Waals surface area contributed by atoms with Crippen LogP contribution in [0.2, 0.25) is 0 Å². The van der Waals surface area contributed by atoms with Crippen LogP contribution in [-0.2, 0) is 12.8 Å². The van der Waals surface area contributed by atoms with Crippen molar-refractivity contribution < 1.29 is 0 Å². The van der Waals surface area contributed by atoms with Gasteiger partial charge in [-0.1, -0.05) is 43.7 Å². The molecule has 6 heteroatoms. The molecule has 0 bridgehead atoms. The molecular formula is C27H25N5O. The second kappa shape index (κ2) is 10.0. The highest BCUT2D eigenvalue weighted by Gasteiger charge is 2.17. The Morgan fingerprint density at radius 3 is 2.58 bits per heavy atom. The van der Waals surface area contributed by atoms with Crippen LogP contribution in [0.1, 0.15) is 48.1 Å². The molecule has 3 heterocycles. The zero-order valence-electron chi connectivity index (χ0n) is 18.8. The summed E-state index contributed by atoms with van der Waals surface area (Å²) in [6.07, 6.45) is 4.74. The largest absolute Gasteiger partial charge is 0.268 e. The predicted octanol–water partition coefficient (Wildman–Crippen LogP) is 4.80. The minimum absolute atomic E-state index is 0.114. The van der Waals surface area contributed by atoms with Crippen LogP contribution in [-0.4, -0.2) is 19.5 Å². The number of nitrogens with zero attached hydrogens (tertiary/aromatic N) is 5. The summed E-state index contributed by atoms with van der Waals surface area (Å²) < 4.78 is 1.57. The van der Waals surface area contributed by atoms with Crippen LogP contribution in [0.3, 0.4) is 0 Å². The van der Waals surface area contributed by atoms with Crippen LogP contribution < -0.4 is 5.56 Å². The number of aryl methyl sites for hydroxylation is 2. The molecular weight excluding hydrogens is 410 g/mol. The van der Waals surface area contributed by atoms with E-state index in [-0.39, 0.29) is 5.56 Å². The van der Waals surface area contributed by atoms with Crippen molar-refractivity contribution in [1.82, 2.24) is 19.5 Å². The molecule has 0 spiro atoms. The lowest BCUT2D eigenvalue weighted by Crippen LogP contribution is -2.29. The molecule has 4 aromatic rings. The maximum Gasteiger partial charge on any atom is 0.263 e. The van der Waals surface area contributed by atoms with Crippen molar-refractivity contribution in [2.75, 3.05) is 0 Å². The Bertz CT molecular complexity index is 1370. The van der Waals surface area contributed by atoms with E-state index >= 15 is 0 Å². The zero-order chi connectivity index (χ0) is 23.2. The second-order valence-electron chi connectivity index (χ2n) is 7.86. The van der Waals surface area contributed by atoms with Gasteiger partial charge in [0.25, 0.3) is 5.56 Å². The van der Waals surface area contributed by atoms with Gasteiger partial charge in [-0.15, -0.1) is 0 Å². The highest BCUT2D eigenvalue weighted by atomic mass is 16.1. The molecule has 0 radical (unpaired) electrons. The normalized spacial score (nSPS) is 10.7. The van der Waals surface area contributed by atoms with Gasteiger partial charge in [0.15, 0.2) is 0 Å². The third-order valence-corrected chi connectivity index (χ3v) is 5.56. The smallest absolute Gasteiger partial charge is 0.263 e. The Labute approximate surface area is 193 Å². The van der Waals surface area contributed by atoms with E-state index in [2.05, 4.69) is 18.0 Å². The average Bonchev–Trinajstić information content (AvgIpc) is 2.85. The lowest BCUT2D eigenvalue weighted by Gasteiger charge is -2.15. The molecule has 3 aromatic heterocycles. The monoisotopic (exact) mass is 435 g/mol. The maximum atomic E-state index is 13.6. The summed E-state index contributed by atoms with van der Waals surface area (Å²) in [6.45, 7) is 3.96. The fraction of sp³-hybridized carbons (Fsp3) is 0.222. The van der Waals surface area contributed by atoms with Gasteiger partial charge in [0.2, 0.25) is 0 Å². The first-order chi connectivity index (χ1) is 16.1. The number of benzene rings is 1. The summed E-state index contributed by atoms with van der Waals surface area (Å²) in [7, 11) is 0. The van der Waals surface area contributed by atoms with Crippen LogP contribution in [0.15, 0.2) is 71.7 Å². The van der Waals surface area contributed by atoms with Gasteiger partial charge in [-0.3, -0.25) is 9.78 Å². The number of unbranched alkanes of at least 4 members (excludes halogenated alkanes) is 1. The quantitative estimate of drug-likeness (QED) is 0.416. The van der Waals surface area contributed by atoms with Crippen LogP contribution in [0.5, 0.6) is 0 Å². The summed E-state index contributed by atoms with van der Waals surface area (Å²) in [5.41, 5.74) is 4.16. The third kappa shape index (κ3) is 4.73. The molecule has 0 saturated heterocycles. The summed E-state index contributed by atoms with van der Waals surface area (Å²) in [4.78, 5) is 27.6. The molecule has 0 fully saturated rings. The second-order valence-corrected chi connectivity index (χ2v) is 7.86. The highest BCUT2D eigenvalue weighted by Crippen LogP contribution is 2.22.